The third kappa shape index (κ3) is 6.69. The van der Waals surface area contributed by atoms with E-state index < -0.39 is 6.10 Å². The Kier molecular flexibility index (Phi) is 8.02. The van der Waals surface area contributed by atoms with Crippen molar-refractivity contribution < 1.29 is 14.6 Å². The first-order valence-electron chi connectivity index (χ1n) is 9.73. The molecule has 30 heavy (non-hydrogen) atoms. The van der Waals surface area contributed by atoms with Gasteiger partial charge >= 0.3 is 0 Å². The molecule has 0 unspecified atom stereocenters. The molecule has 5 nitrogen and oxygen atoms in total. The average molecular weight is 469 g/mol. The van der Waals surface area contributed by atoms with E-state index in [0.717, 1.165) is 26.9 Å². The molecule has 3 aromatic rings. The fourth-order valence-electron chi connectivity index (χ4n) is 2.94. The standard InChI is InChI=1S/C24H25BrN2O3/c1-17-7-10-21(11-8-17)27-24(29)16-30-23-12-9-20(25)13-19(23)14-26-15-22(28)18-5-3-2-4-6-18/h2-13,22,26,28H,14-16H2,1H3,(H,27,29)/t22-/m0/s1. The number of anilines is 1. The summed E-state index contributed by atoms with van der Waals surface area (Å²) in [6.45, 7) is 2.81. The molecule has 0 bridgehead atoms. The lowest BCUT2D eigenvalue weighted by molar-refractivity contribution is -0.118. The van der Waals surface area contributed by atoms with Crippen LogP contribution < -0.4 is 15.4 Å². The Morgan fingerprint density at radius 1 is 1.07 bits per heavy atom. The van der Waals surface area contributed by atoms with Crippen LogP contribution in [-0.4, -0.2) is 24.2 Å². The van der Waals surface area contributed by atoms with Crippen molar-refractivity contribution in [1.82, 2.24) is 5.32 Å². The molecule has 0 aliphatic carbocycles. The number of hydrogen-bond donors (Lipinski definition) is 3. The second-order valence-electron chi connectivity index (χ2n) is 7.01. The normalized spacial score (nSPS) is 11.7. The van der Waals surface area contributed by atoms with E-state index in [0.29, 0.717) is 18.8 Å². The lowest BCUT2D eigenvalue weighted by Gasteiger charge is -2.15. The van der Waals surface area contributed by atoms with Crippen LogP contribution in [0.3, 0.4) is 0 Å². The van der Waals surface area contributed by atoms with Gasteiger partial charge in [0.05, 0.1) is 6.10 Å². The number of carbonyl (C=O) groups is 1. The van der Waals surface area contributed by atoms with Crippen molar-refractivity contribution in [3.8, 4) is 5.75 Å². The van der Waals surface area contributed by atoms with E-state index in [-0.39, 0.29) is 12.5 Å². The number of amides is 1. The van der Waals surface area contributed by atoms with Gasteiger partial charge in [-0.25, -0.2) is 0 Å². The van der Waals surface area contributed by atoms with Crippen LogP contribution in [0.25, 0.3) is 0 Å². The Morgan fingerprint density at radius 3 is 2.53 bits per heavy atom. The number of aliphatic hydroxyl groups excluding tert-OH is 1. The molecule has 0 saturated heterocycles. The summed E-state index contributed by atoms with van der Waals surface area (Å²) in [5.41, 5.74) is 3.63. The summed E-state index contributed by atoms with van der Waals surface area (Å²) in [4.78, 5) is 12.2. The summed E-state index contributed by atoms with van der Waals surface area (Å²) >= 11 is 3.47. The van der Waals surface area contributed by atoms with Gasteiger partial charge in [0.15, 0.2) is 6.61 Å². The van der Waals surface area contributed by atoms with E-state index >= 15 is 0 Å². The molecule has 1 amide bonds. The van der Waals surface area contributed by atoms with Gasteiger partial charge in [0.2, 0.25) is 0 Å². The smallest absolute Gasteiger partial charge is 0.262 e. The Morgan fingerprint density at radius 2 is 1.80 bits per heavy atom. The number of aliphatic hydroxyl groups is 1. The van der Waals surface area contributed by atoms with E-state index in [9.17, 15) is 9.90 Å². The van der Waals surface area contributed by atoms with Crippen molar-refractivity contribution in [3.63, 3.8) is 0 Å². The monoisotopic (exact) mass is 468 g/mol. The van der Waals surface area contributed by atoms with Crippen molar-refractivity contribution in [1.29, 1.82) is 0 Å². The Hall–Kier alpha value is -2.67. The summed E-state index contributed by atoms with van der Waals surface area (Å²) in [6.07, 6.45) is -0.594. The molecule has 3 rings (SSSR count). The molecule has 0 spiro atoms. The molecule has 0 saturated carbocycles. The first-order chi connectivity index (χ1) is 14.5. The molecule has 156 valence electrons. The lowest BCUT2D eigenvalue weighted by Crippen LogP contribution is -2.23. The minimum absolute atomic E-state index is 0.0881. The third-order valence-electron chi connectivity index (χ3n) is 4.55. The molecule has 6 heteroatoms. The summed E-state index contributed by atoms with van der Waals surface area (Å²) in [7, 11) is 0. The average Bonchev–Trinajstić information content (AvgIpc) is 2.75. The van der Waals surface area contributed by atoms with Crippen molar-refractivity contribution in [2.45, 2.75) is 19.6 Å². The molecule has 0 radical (unpaired) electrons. The number of halogens is 1. The van der Waals surface area contributed by atoms with E-state index in [1.54, 1.807) is 0 Å². The van der Waals surface area contributed by atoms with E-state index in [1.807, 2.05) is 79.7 Å². The van der Waals surface area contributed by atoms with Gasteiger partial charge in [-0.05, 0) is 42.8 Å². The molecule has 1 atom stereocenters. The zero-order valence-corrected chi connectivity index (χ0v) is 18.4. The quantitative estimate of drug-likeness (QED) is 0.429. The summed E-state index contributed by atoms with van der Waals surface area (Å²) in [5.74, 6) is 0.402. The maximum atomic E-state index is 12.2. The number of ether oxygens (including phenoxy) is 1. The van der Waals surface area contributed by atoms with Crippen LogP contribution in [-0.2, 0) is 11.3 Å². The number of hydrogen-bond acceptors (Lipinski definition) is 4. The van der Waals surface area contributed by atoms with Crippen LogP contribution in [0.1, 0.15) is 22.8 Å². The van der Waals surface area contributed by atoms with Gasteiger partial charge in [0.1, 0.15) is 5.75 Å². The molecule has 0 heterocycles. The second-order valence-corrected chi connectivity index (χ2v) is 7.93. The predicted octanol–water partition coefficient (Wildman–Crippen LogP) is 4.60. The Bertz CT molecular complexity index is 962. The highest BCUT2D eigenvalue weighted by molar-refractivity contribution is 9.10. The van der Waals surface area contributed by atoms with Gasteiger partial charge in [-0.2, -0.15) is 0 Å². The van der Waals surface area contributed by atoms with Crippen LogP contribution in [0.15, 0.2) is 77.3 Å². The largest absolute Gasteiger partial charge is 0.483 e. The second kappa shape index (κ2) is 10.9. The van der Waals surface area contributed by atoms with Gasteiger partial charge in [0, 0.05) is 28.8 Å². The van der Waals surface area contributed by atoms with E-state index in [2.05, 4.69) is 26.6 Å². The minimum atomic E-state index is -0.594. The van der Waals surface area contributed by atoms with Crippen molar-refractivity contribution >= 4 is 27.5 Å². The molecule has 0 aliphatic rings. The van der Waals surface area contributed by atoms with Crippen molar-refractivity contribution in [2.24, 2.45) is 0 Å². The van der Waals surface area contributed by atoms with Gasteiger partial charge in [-0.3, -0.25) is 4.79 Å². The fraction of sp³-hybridized carbons (Fsp3) is 0.208. The van der Waals surface area contributed by atoms with Crippen LogP contribution in [0, 0.1) is 6.92 Å². The van der Waals surface area contributed by atoms with E-state index in [1.165, 1.54) is 0 Å². The van der Waals surface area contributed by atoms with Crippen molar-refractivity contribution in [2.75, 3.05) is 18.5 Å². The number of benzene rings is 3. The molecule has 3 aromatic carbocycles. The number of rotatable bonds is 9. The maximum Gasteiger partial charge on any atom is 0.262 e. The van der Waals surface area contributed by atoms with Gasteiger partial charge in [-0.15, -0.1) is 0 Å². The number of carbonyl (C=O) groups excluding carboxylic acids is 1. The van der Waals surface area contributed by atoms with Gasteiger partial charge in [0.25, 0.3) is 5.91 Å². The van der Waals surface area contributed by atoms with E-state index in [4.69, 9.17) is 4.74 Å². The highest BCUT2D eigenvalue weighted by Gasteiger charge is 2.10. The van der Waals surface area contributed by atoms with Crippen LogP contribution in [0.5, 0.6) is 5.75 Å². The molecule has 0 fully saturated rings. The highest BCUT2D eigenvalue weighted by Crippen LogP contribution is 2.23. The SMILES string of the molecule is Cc1ccc(NC(=O)COc2ccc(Br)cc2CNC[C@H](O)c2ccccc2)cc1. The van der Waals surface area contributed by atoms with Gasteiger partial charge < -0.3 is 20.5 Å². The van der Waals surface area contributed by atoms with Crippen molar-refractivity contribution in [3.05, 3.63) is 94.0 Å². The Balaban J connectivity index is 1.54. The van der Waals surface area contributed by atoms with Crippen LogP contribution >= 0.6 is 15.9 Å². The molecular formula is C24H25BrN2O3. The highest BCUT2D eigenvalue weighted by atomic mass is 79.9. The summed E-state index contributed by atoms with van der Waals surface area (Å²) < 4.78 is 6.67. The molecule has 0 aromatic heterocycles. The van der Waals surface area contributed by atoms with Gasteiger partial charge in [-0.1, -0.05) is 64.0 Å². The minimum Gasteiger partial charge on any atom is -0.483 e. The first-order valence-corrected chi connectivity index (χ1v) is 10.5. The lowest BCUT2D eigenvalue weighted by atomic mass is 10.1. The molecular weight excluding hydrogens is 444 g/mol. The van der Waals surface area contributed by atoms with Crippen LogP contribution in [0.2, 0.25) is 0 Å². The number of aryl methyl sites for hydroxylation is 1. The zero-order chi connectivity index (χ0) is 21.3. The molecule has 3 N–H and O–H groups in total. The Labute approximate surface area is 185 Å². The zero-order valence-electron chi connectivity index (χ0n) is 16.8. The summed E-state index contributed by atoms with van der Waals surface area (Å²) in [6, 6.07) is 22.8. The summed E-state index contributed by atoms with van der Waals surface area (Å²) in [5, 5.41) is 16.4. The molecule has 0 aliphatic heterocycles. The maximum absolute atomic E-state index is 12.2. The first kappa shape index (κ1) is 22.0. The topological polar surface area (TPSA) is 70.6 Å². The van der Waals surface area contributed by atoms with Crippen LogP contribution in [0.4, 0.5) is 5.69 Å². The third-order valence-corrected chi connectivity index (χ3v) is 5.05. The predicted molar refractivity (Wildman–Crippen MR) is 123 cm³/mol. The fourth-order valence-corrected chi connectivity index (χ4v) is 3.35. The number of nitrogens with one attached hydrogen (secondary N) is 2.